The fourth-order valence-corrected chi connectivity index (χ4v) is 11.7. The second-order valence-electron chi connectivity index (χ2n) is 16.1. The van der Waals surface area contributed by atoms with Gasteiger partial charge in [-0.15, -0.1) is 0 Å². The van der Waals surface area contributed by atoms with Crippen molar-refractivity contribution in [1.82, 2.24) is 10.2 Å². The summed E-state index contributed by atoms with van der Waals surface area (Å²) in [4.78, 5) is 68.2. The zero-order valence-electron chi connectivity index (χ0n) is 29.5. The summed E-state index contributed by atoms with van der Waals surface area (Å²) in [6.07, 6.45) is 3.10. The Morgan fingerprint density at radius 2 is 1.51 bits per heavy atom. The number of rotatable bonds is 18. The van der Waals surface area contributed by atoms with E-state index in [0.717, 1.165) is 12.0 Å². The molecule has 1 aromatic rings. The molecule has 0 aromatic heterocycles. The summed E-state index contributed by atoms with van der Waals surface area (Å²) < 4.78 is 4.98. The summed E-state index contributed by atoms with van der Waals surface area (Å²) >= 11 is 0. The lowest BCUT2D eigenvalue weighted by Crippen LogP contribution is -3.11. The van der Waals surface area contributed by atoms with Gasteiger partial charge in [-0.1, -0.05) is 78.3 Å². The average Bonchev–Trinajstić information content (AvgIpc) is 3.06. The van der Waals surface area contributed by atoms with Gasteiger partial charge in [-0.05, 0) is 71.2 Å². The number of amides is 2. The fraction of sp³-hybridized carbons (Fsp3) is 0.718. The van der Waals surface area contributed by atoms with Crippen molar-refractivity contribution in [3.05, 3.63) is 35.9 Å². The summed E-state index contributed by atoms with van der Waals surface area (Å²) in [7, 11) is 3.15. The SMILES string of the molecule is CCC(=O)C[C@H](C(=O)N(C)[C@H](C(=O)CC12C3C4C1C1C2C3C41C(=O)N[C@@H](Cc1ccccc1)C[C@H](C)C(=O)OC)C(C)C)[C@H](C)CC. The number of likely N-dealkylation sites (N-methyl/N-ethyl adjacent to an activating group) is 1. The number of carbonyl (C=O) groups excluding carboxylic acids is 5. The molecule has 47 heavy (non-hydrogen) atoms. The molecule has 0 heterocycles. The number of nitrogens with zero attached hydrogens (tertiary/aromatic N) is 1. The number of benzene rings is 1. The van der Waals surface area contributed by atoms with E-state index >= 15 is 0 Å². The van der Waals surface area contributed by atoms with Crippen LogP contribution in [-0.2, 0) is 35.1 Å². The summed E-state index contributed by atoms with van der Waals surface area (Å²) in [6.45, 7) is 11.8. The van der Waals surface area contributed by atoms with Crippen molar-refractivity contribution in [2.75, 3.05) is 14.2 Å². The molecular weight excluding hydrogens is 592 g/mol. The van der Waals surface area contributed by atoms with Gasteiger partial charge in [-0.3, -0.25) is 24.0 Å². The molecule has 6 saturated carbocycles. The molecule has 0 saturated heterocycles. The molecule has 256 valence electrons. The highest BCUT2D eigenvalue weighted by atomic mass is 16.5. The van der Waals surface area contributed by atoms with Crippen LogP contribution in [0.25, 0.3) is 0 Å². The lowest BCUT2D eigenvalue weighted by atomic mass is 8.92. The Morgan fingerprint density at radius 1 is 0.915 bits per heavy atom. The number of Topliss-reactive ketones (excluding diaryl/α,β-unsaturated/α-hetero) is 2. The number of ether oxygens (including phenoxy) is 1. The van der Waals surface area contributed by atoms with Crippen LogP contribution in [0.3, 0.4) is 0 Å². The molecule has 7 rings (SSSR count). The Morgan fingerprint density at radius 3 is 2.02 bits per heavy atom. The molecule has 1 N–H and O–H groups in total. The number of ketones is 2. The lowest BCUT2D eigenvalue weighted by Gasteiger charge is -3.11. The van der Waals surface area contributed by atoms with Crippen LogP contribution in [0.4, 0.5) is 0 Å². The molecule has 0 unspecified atom stereocenters. The van der Waals surface area contributed by atoms with Gasteiger partial charge in [0.25, 0.3) is 0 Å². The number of esters is 1. The number of carbonyl (C=O) groups is 5. The van der Waals surface area contributed by atoms with Crippen LogP contribution in [0.5, 0.6) is 0 Å². The monoisotopic (exact) mass is 646 g/mol. The fourth-order valence-electron chi connectivity index (χ4n) is 11.7. The maximum atomic E-state index is 14.1. The third-order valence-corrected chi connectivity index (χ3v) is 13.8. The summed E-state index contributed by atoms with van der Waals surface area (Å²) in [6, 6.07) is 9.39. The summed E-state index contributed by atoms with van der Waals surface area (Å²) in [5, 5.41) is 3.39. The first-order chi connectivity index (χ1) is 22.3. The minimum atomic E-state index is -0.515. The zero-order chi connectivity index (χ0) is 34.2. The van der Waals surface area contributed by atoms with Crippen molar-refractivity contribution in [2.24, 2.45) is 70.0 Å². The molecule has 6 fully saturated rings. The van der Waals surface area contributed by atoms with Crippen molar-refractivity contribution in [1.29, 1.82) is 0 Å². The van der Waals surface area contributed by atoms with Crippen LogP contribution >= 0.6 is 0 Å². The molecule has 1 aromatic carbocycles. The van der Waals surface area contributed by atoms with Gasteiger partial charge in [0.05, 0.1) is 24.5 Å². The standard InChI is InChI=1S/C39H54N2O6/c1-9-21(5)26(18-25(42)10-2)35(44)41(7)34(20(3)4)27(43)19-38-28-31-29(38)33-30(38)32(28)39(31,33)37(46)40-24(16-22(6)36(45)47-8)17-23-14-12-11-13-15-23/h11-15,20-22,24,26,28-34H,9-10,16-19H2,1-8H3,(H,40,46)/t21-,22+,24-,26+,28?,29?,30?,31?,32?,33?,34+,38?,39?/m1/s1. The molecule has 0 spiro atoms. The summed E-state index contributed by atoms with van der Waals surface area (Å²) in [5.74, 6) is 1.67. The van der Waals surface area contributed by atoms with E-state index in [-0.39, 0.29) is 70.4 Å². The highest BCUT2D eigenvalue weighted by Gasteiger charge is 3.11. The van der Waals surface area contributed by atoms with Crippen LogP contribution in [0, 0.1) is 70.0 Å². The van der Waals surface area contributed by atoms with Gasteiger partial charge < -0.3 is 15.0 Å². The van der Waals surface area contributed by atoms with Gasteiger partial charge in [-0.25, -0.2) is 0 Å². The van der Waals surface area contributed by atoms with Crippen molar-refractivity contribution >= 4 is 29.4 Å². The van der Waals surface area contributed by atoms with Gasteiger partial charge >= 0.3 is 5.97 Å². The quantitative estimate of drug-likeness (QED) is 0.222. The Kier molecular flexibility index (Phi) is 8.74. The van der Waals surface area contributed by atoms with Crippen LogP contribution in [0.15, 0.2) is 30.3 Å². The van der Waals surface area contributed by atoms with E-state index in [1.54, 1.807) is 11.9 Å². The number of methoxy groups -OCH3 is 1. The van der Waals surface area contributed by atoms with Gasteiger partial charge in [0, 0.05) is 38.3 Å². The minimum absolute atomic E-state index is 0.0211. The molecule has 0 aliphatic heterocycles. The highest BCUT2D eigenvalue weighted by molar-refractivity contribution is 5.96. The van der Waals surface area contributed by atoms with Crippen LogP contribution in [-0.4, -0.2) is 60.5 Å². The Bertz CT molecular complexity index is 1380. The third kappa shape index (κ3) is 4.55. The molecule has 2 amide bonds. The Labute approximate surface area is 280 Å². The molecule has 6 aliphatic carbocycles. The zero-order valence-corrected chi connectivity index (χ0v) is 29.5. The Balaban J connectivity index is 1.11. The molecular formula is C39H54N2O6. The van der Waals surface area contributed by atoms with Gasteiger partial charge in [0.2, 0.25) is 11.8 Å². The van der Waals surface area contributed by atoms with E-state index in [1.165, 1.54) is 7.11 Å². The van der Waals surface area contributed by atoms with E-state index in [9.17, 15) is 24.0 Å². The number of hydrogen-bond donors (Lipinski definition) is 1. The molecule has 0 bridgehead atoms. The smallest absolute Gasteiger partial charge is 0.308 e. The predicted molar refractivity (Wildman–Crippen MR) is 178 cm³/mol. The molecule has 5 atom stereocenters. The van der Waals surface area contributed by atoms with Crippen molar-refractivity contribution in [2.45, 2.75) is 92.2 Å². The van der Waals surface area contributed by atoms with Crippen LogP contribution < -0.4 is 5.32 Å². The van der Waals surface area contributed by atoms with Crippen molar-refractivity contribution in [3.8, 4) is 0 Å². The average molecular weight is 647 g/mol. The lowest BCUT2D eigenvalue weighted by molar-refractivity contribution is -0.640. The topological polar surface area (TPSA) is 110 Å². The van der Waals surface area contributed by atoms with Crippen LogP contribution in [0.2, 0.25) is 0 Å². The molecule has 0 radical (unpaired) electrons. The maximum absolute atomic E-state index is 14.1. The normalized spacial score (nSPS) is 34.4. The number of hydrogen-bond acceptors (Lipinski definition) is 6. The van der Waals surface area contributed by atoms with Crippen molar-refractivity contribution < 1.29 is 28.7 Å². The number of nitrogens with one attached hydrogen (secondary N) is 1. The molecule has 6 aliphatic rings. The molecule has 8 nitrogen and oxygen atoms in total. The first-order valence-electron chi connectivity index (χ1n) is 18.1. The third-order valence-electron chi connectivity index (χ3n) is 13.8. The maximum Gasteiger partial charge on any atom is 0.308 e. The van der Waals surface area contributed by atoms with Gasteiger partial charge in [-0.2, -0.15) is 0 Å². The van der Waals surface area contributed by atoms with Crippen LogP contribution in [0.1, 0.15) is 79.2 Å². The largest absolute Gasteiger partial charge is 0.469 e. The molecule has 8 heteroatoms. The van der Waals surface area contributed by atoms with Gasteiger partial charge in [0.1, 0.15) is 5.78 Å². The van der Waals surface area contributed by atoms with E-state index in [4.69, 9.17) is 4.74 Å². The first-order valence-corrected chi connectivity index (χ1v) is 18.1. The Hall–Kier alpha value is -3.03. The minimum Gasteiger partial charge on any atom is -0.469 e. The van der Waals surface area contributed by atoms with E-state index in [2.05, 4.69) is 17.4 Å². The summed E-state index contributed by atoms with van der Waals surface area (Å²) in [5.41, 5.74) is 0.860. The van der Waals surface area contributed by atoms with Crippen molar-refractivity contribution in [3.63, 3.8) is 0 Å². The highest BCUT2D eigenvalue weighted by Crippen LogP contribution is 3.10. The van der Waals surface area contributed by atoms with Gasteiger partial charge in [0.15, 0.2) is 5.78 Å². The second-order valence-corrected chi connectivity index (χ2v) is 16.1. The van der Waals surface area contributed by atoms with E-state index in [0.29, 0.717) is 61.2 Å². The second kappa shape index (κ2) is 12.1. The van der Waals surface area contributed by atoms with E-state index in [1.807, 2.05) is 59.7 Å². The van der Waals surface area contributed by atoms with E-state index < -0.39 is 12.0 Å². The predicted octanol–water partition coefficient (Wildman–Crippen LogP) is 5.12. The first kappa shape index (κ1) is 33.9.